The van der Waals surface area contributed by atoms with Crippen molar-refractivity contribution in [1.29, 1.82) is 0 Å². The van der Waals surface area contributed by atoms with Crippen LogP contribution in [0.15, 0.2) is 10.5 Å². The number of rotatable bonds is 4. The van der Waals surface area contributed by atoms with Gasteiger partial charge in [0, 0.05) is 43.5 Å². The summed E-state index contributed by atoms with van der Waals surface area (Å²) >= 11 is 9.45. The van der Waals surface area contributed by atoms with Crippen LogP contribution in [0.2, 0.25) is 5.02 Å². The summed E-state index contributed by atoms with van der Waals surface area (Å²) in [6, 6.07) is 1.16. The molecule has 0 bridgehead atoms. The third kappa shape index (κ3) is 4.57. The van der Waals surface area contributed by atoms with Crippen molar-refractivity contribution in [3.63, 3.8) is 0 Å². The highest BCUT2D eigenvalue weighted by Crippen LogP contribution is 2.45. The SMILES string of the molecule is C[C@@H]1CN(c2nc(OC[C@@]34CCCN3C[C@H](F)C4)nc3c(Cl)c(Br)c(C(F)(F)F)cc23)[C@@H](C)CN1. The second-order valence-corrected chi connectivity index (χ2v) is 11.1. The molecule has 0 aliphatic carbocycles. The molecular weight excluding hydrogens is 554 g/mol. The first-order valence-electron chi connectivity index (χ1n) is 11.8. The van der Waals surface area contributed by atoms with Crippen molar-refractivity contribution in [3.05, 3.63) is 21.1 Å². The van der Waals surface area contributed by atoms with Crippen LogP contribution >= 0.6 is 27.5 Å². The van der Waals surface area contributed by atoms with Gasteiger partial charge in [0.2, 0.25) is 0 Å². The van der Waals surface area contributed by atoms with Crippen LogP contribution in [0.5, 0.6) is 6.01 Å². The summed E-state index contributed by atoms with van der Waals surface area (Å²) in [5.74, 6) is 0.348. The Morgan fingerprint density at radius 2 is 2.06 bits per heavy atom. The molecule has 0 spiro atoms. The van der Waals surface area contributed by atoms with E-state index in [0.717, 1.165) is 25.5 Å². The molecule has 192 valence electrons. The summed E-state index contributed by atoms with van der Waals surface area (Å²) in [7, 11) is 0. The fraction of sp³-hybridized carbons (Fsp3) is 0.652. The third-order valence-corrected chi connectivity index (χ3v) is 8.82. The van der Waals surface area contributed by atoms with E-state index in [-0.39, 0.29) is 45.1 Å². The predicted octanol–water partition coefficient (Wildman–Crippen LogP) is 5.21. The number of anilines is 1. The van der Waals surface area contributed by atoms with Crippen molar-refractivity contribution in [1.82, 2.24) is 20.2 Å². The first-order valence-corrected chi connectivity index (χ1v) is 12.9. The molecule has 3 saturated heterocycles. The van der Waals surface area contributed by atoms with E-state index in [0.29, 0.717) is 31.9 Å². The Morgan fingerprint density at radius 3 is 2.80 bits per heavy atom. The summed E-state index contributed by atoms with van der Waals surface area (Å²) < 4.78 is 61.3. The van der Waals surface area contributed by atoms with Gasteiger partial charge in [-0.25, -0.2) is 4.39 Å². The number of nitrogens with one attached hydrogen (secondary N) is 1. The normalized spacial score (nSPS) is 29.7. The van der Waals surface area contributed by atoms with E-state index in [1.165, 1.54) is 0 Å². The highest BCUT2D eigenvalue weighted by atomic mass is 79.9. The average Bonchev–Trinajstić information content (AvgIpc) is 3.31. The van der Waals surface area contributed by atoms with E-state index in [9.17, 15) is 17.6 Å². The van der Waals surface area contributed by atoms with E-state index >= 15 is 0 Å². The number of benzene rings is 1. The van der Waals surface area contributed by atoms with Gasteiger partial charge in [0.05, 0.1) is 26.1 Å². The minimum atomic E-state index is -4.61. The summed E-state index contributed by atoms with van der Waals surface area (Å²) in [6.07, 6.45) is -3.33. The highest BCUT2D eigenvalue weighted by molar-refractivity contribution is 9.10. The van der Waals surface area contributed by atoms with Gasteiger partial charge in [-0.3, -0.25) is 4.90 Å². The minimum Gasteiger partial charge on any atom is -0.461 e. The number of hydrogen-bond donors (Lipinski definition) is 1. The van der Waals surface area contributed by atoms with Crippen LogP contribution in [-0.2, 0) is 6.18 Å². The van der Waals surface area contributed by atoms with Crippen LogP contribution in [-0.4, -0.2) is 71.4 Å². The number of nitrogens with zero attached hydrogens (tertiary/aromatic N) is 4. The fourth-order valence-corrected chi connectivity index (χ4v) is 6.39. The Balaban J connectivity index is 1.59. The van der Waals surface area contributed by atoms with Gasteiger partial charge in [0.25, 0.3) is 0 Å². The molecule has 3 aliphatic rings. The average molecular weight is 581 g/mol. The molecule has 4 atom stereocenters. The zero-order valence-electron chi connectivity index (χ0n) is 19.4. The van der Waals surface area contributed by atoms with E-state index in [2.05, 4.69) is 36.1 Å². The molecule has 3 aliphatic heterocycles. The molecule has 0 radical (unpaired) electrons. The molecular formula is C23H27BrClF4N5O. The molecule has 3 fully saturated rings. The van der Waals surface area contributed by atoms with E-state index in [1.807, 2.05) is 18.7 Å². The number of piperazine rings is 1. The van der Waals surface area contributed by atoms with Crippen LogP contribution in [0.3, 0.4) is 0 Å². The molecule has 0 amide bonds. The molecule has 1 aromatic heterocycles. The molecule has 0 unspecified atom stereocenters. The van der Waals surface area contributed by atoms with Crippen LogP contribution in [0.1, 0.15) is 38.7 Å². The monoisotopic (exact) mass is 579 g/mol. The predicted molar refractivity (Wildman–Crippen MR) is 130 cm³/mol. The number of fused-ring (bicyclic) bond motifs is 2. The second kappa shape index (κ2) is 9.15. The van der Waals surface area contributed by atoms with Gasteiger partial charge in [-0.05, 0) is 55.2 Å². The van der Waals surface area contributed by atoms with Crippen molar-refractivity contribution in [3.8, 4) is 6.01 Å². The van der Waals surface area contributed by atoms with Crippen LogP contribution in [0, 0.1) is 0 Å². The van der Waals surface area contributed by atoms with Crippen LogP contribution in [0.4, 0.5) is 23.4 Å². The smallest absolute Gasteiger partial charge is 0.417 e. The molecule has 0 saturated carbocycles. The van der Waals surface area contributed by atoms with Crippen molar-refractivity contribution in [2.75, 3.05) is 37.7 Å². The topological polar surface area (TPSA) is 53.5 Å². The maximum Gasteiger partial charge on any atom is 0.417 e. The molecule has 12 heteroatoms. The van der Waals surface area contributed by atoms with Crippen molar-refractivity contribution in [2.24, 2.45) is 0 Å². The lowest BCUT2D eigenvalue weighted by Gasteiger charge is -2.39. The number of hydrogen-bond acceptors (Lipinski definition) is 6. The zero-order valence-corrected chi connectivity index (χ0v) is 21.8. The van der Waals surface area contributed by atoms with Crippen LogP contribution in [0.25, 0.3) is 10.9 Å². The van der Waals surface area contributed by atoms with Gasteiger partial charge < -0.3 is 15.0 Å². The quantitative estimate of drug-likeness (QED) is 0.502. The number of ether oxygens (including phenoxy) is 1. The second-order valence-electron chi connectivity index (χ2n) is 9.95. The van der Waals surface area contributed by atoms with Crippen molar-refractivity contribution < 1.29 is 22.3 Å². The molecule has 2 aromatic rings. The fourth-order valence-electron chi connectivity index (χ4n) is 5.62. The number of aromatic nitrogens is 2. The summed E-state index contributed by atoms with van der Waals surface area (Å²) in [6.45, 7) is 6.61. The van der Waals surface area contributed by atoms with Gasteiger partial charge >= 0.3 is 12.2 Å². The minimum absolute atomic E-state index is 0.0278. The Hall–Kier alpha value is -1.43. The molecule has 5 rings (SSSR count). The Morgan fingerprint density at radius 1 is 1.29 bits per heavy atom. The largest absolute Gasteiger partial charge is 0.461 e. The van der Waals surface area contributed by atoms with Crippen LogP contribution < -0.4 is 15.0 Å². The molecule has 4 heterocycles. The molecule has 1 N–H and O–H groups in total. The maximum absolute atomic E-state index is 14.2. The summed E-state index contributed by atoms with van der Waals surface area (Å²) in [5.41, 5.74) is -1.11. The molecule has 6 nitrogen and oxygen atoms in total. The van der Waals surface area contributed by atoms with Gasteiger partial charge in [-0.15, -0.1) is 0 Å². The standard InChI is InChI=1S/C23H27BrClF4N5O/c1-12-9-34(13(2)8-30-12)20-15-6-16(23(27,28)29)17(24)18(25)19(15)31-21(32-20)35-11-22-4-3-5-33(22)10-14(26)7-22/h6,12-14,30H,3-5,7-11H2,1-2H3/t12-,13+,14-,22+/m1/s1. The van der Waals surface area contributed by atoms with E-state index in [1.54, 1.807) is 0 Å². The zero-order chi connectivity index (χ0) is 25.1. The first-order chi connectivity index (χ1) is 16.5. The van der Waals surface area contributed by atoms with Gasteiger partial charge in [-0.1, -0.05) is 11.6 Å². The van der Waals surface area contributed by atoms with E-state index in [4.69, 9.17) is 16.3 Å². The lowest BCUT2D eigenvalue weighted by atomic mass is 9.95. The maximum atomic E-state index is 14.2. The summed E-state index contributed by atoms with van der Waals surface area (Å²) in [5, 5.41) is 3.43. The number of halogens is 6. The lowest BCUT2D eigenvalue weighted by Crippen LogP contribution is -2.54. The Bertz CT molecular complexity index is 1140. The van der Waals surface area contributed by atoms with Gasteiger partial charge in [0.15, 0.2) is 0 Å². The Labute approximate surface area is 214 Å². The third-order valence-electron chi connectivity index (χ3n) is 7.40. The van der Waals surface area contributed by atoms with Gasteiger partial charge in [-0.2, -0.15) is 23.1 Å². The summed E-state index contributed by atoms with van der Waals surface area (Å²) in [4.78, 5) is 13.1. The van der Waals surface area contributed by atoms with Crippen molar-refractivity contribution >= 4 is 44.3 Å². The highest BCUT2D eigenvalue weighted by Gasteiger charge is 2.49. The molecule has 35 heavy (non-hydrogen) atoms. The van der Waals surface area contributed by atoms with Gasteiger partial charge in [0.1, 0.15) is 18.6 Å². The number of alkyl halides is 4. The molecule has 1 aromatic carbocycles. The van der Waals surface area contributed by atoms with Crippen molar-refractivity contribution in [2.45, 2.75) is 63.1 Å². The first kappa shape index (κ1) is 25.2. The Kier molecular flexibility index (Phi) is 6.59. The lowest BCUT2D eigenvalue weighted by molar-refractivity contribution is -0.138. The van der Waals surface area contributed by atoms with E-state index < -0.39 is 23.5 Å².